The fourth-order valence-corrected chi connectivity index (χ4v) is 2.03. The number of halogens is 1. The van der Waals surface area contributed by atoms with E-state index in [-0.39, 0.29) is 5.92 Å². The molecule has 1 saturated carbocycles. The molecule has 0 aromatic rings. The van der Waals surface area contributed by atoms with E-state index in [2.05, 4.69) is 20.4 Å². The van der Waals surface area contributed by atoms with Gasteiger partial charge in [0.05, 0.1) is 0 Å². The van der Waals surface area contributed by atoms with Crippen LogP contribution in [0.25, 0.3) is 0 Å². The molecule has 0 aromatic heterocycles. The highest BCUT2D eigenvalue weighted by Gasteiger charge is 2.29. The zero-order valence-corrected chi connectivity index (χ0v) is 10.1. The van der Waals surface area contributed by atoms with Crippen LogP contribution < -0.4 is 0 Å². The number of alkyl halides is 1. The van der Waals surface area contributed by atoms with E-state index in [1.165, 1.54) is 6.42 Å². The Morgan fingerprint density at radius 2 is 1.93 bits per heavy atom. The predicted octanol–water partition coefficient (Wildman–Crippen LogP) is 4.75. The Kier molecular flexibility index (Phi) is 6.86. The Bertz CT molecular complexity index is 163. The first-order chi connectivity index (χ1) is 6.65. The van der Waals surface area contributed by atoms with Gasteiger partial charge in [0.15, 0.2) is 0 Å². The minimum absolute atomic E-state index is 0.159. The van der Waals surface area contributed by atoms with Gasteiger partial charge in [-0.25, -0.2) is 4.39 Å². The molecule has 3 unspecified atom stereocenters. The number of allylic oxidation sites excluding steroid dienone is 1. The molecular weight excluding hydrogens is 175 g/mol. The second kappa shape index (κ2) is 7.03. The molecule has 0 N–H and O–H groups in total. The molecule has 84 valence electrons. The van der Waals surface area contributed by atoms with Crippen molar-refractivity contribution >= 4 is 0 Å². The fourth-order valence-electron chi connectivity index (χ4n) is 2.03. The number of hydrogen-bond donors (Lipinski definition) is 0. The van der Waals surface area contributed by atoms with Gasteiger partial charge in [-0.15, -0.1) is 0 Å². The van der Waals surface area contributed by atoms with E-state index in [0.29, 0.717) is 5.92 Å². The molecule has 0 spiro atoms. The minimum atomic E-state index is -0.624. The average Bonchev–Trinajstić information content (AvgIpc) is 2.20. The van der Waals surface area contributed by atoms with Gasteiger partial charge in [-0.2, -0.15) is 0 Å². The Morgan fingerprint density at radius 3 is 2.36 bits per heavy atom. The lowest BCUT2D eigenvalue weighted by atomic mass is 9.77. The summed E-state index contributed by atoms with van der Waals surface area (Å²) in [6.07, 6.45) is 3.23. The van der Waals surface area contributed by atoms with Crippen LogP contribution in [-0.2, 0) is 0 Å². The van der Waals surface area contributed by atoms with E-state index in [0.717, 1.165) is 24.8 Å². The normalized spacial score (nSPS) is 31.6. The van der Waals surface area contributed by atoms with Crippen molar-refractivity contribution in [2.45, 2.75) is 59.5 Å². The molecule has 1 aliphatic carbocycles. The van der Waals surface area contributed by atoms with E-state index >= 15 is 0 Å². The smallest absolute Gasteiger partial charge is 0.107 e. The van der Waals surface area contributed by atoms with Gasteiger partial charge in [-0.3, -0.25) is 0 Å². The predicted molar refractivity (Wildman–Crippen MR) is 62.2 cm³/mol. The molecule has 1 fully saturated rings. The maximum atomic E-state index is 13.5. The largest absolute Gasteiger partial charge is 0.247 e. The van der Waals surface area contributed by atoms with Crippen molar-refractivity contribution in [3.8, 4) is 0 Å². The van der Waals surface area contributed by atoms with Gasteiger partial charge >= 0.3 is 0 Å². The van der Waals surface area contributed by atoms with Crippen LogP contribution in [0.3, 0.4) is 0 Å². The van der Waals surface area contributed by atoms with E-state index in [1.54, 1.807) is 0 Å². The molecule has 14 heavy (non-hydrogen) atoms. The Balaban J connectivity index is 0.000000791. The summed E-state index contributed by atoms with van der Waals surface area (Å²) in [5.41, 5.74) is 1.11. The molecule has 1 heteroatoms. The third kappa shape index (κ3) is 3.81. The molecule has 0 amide bonds. The van der Waals surface area contributed by atoms with Crippen LogP contribution >= 0.6 is 0 Å². The summed E-state index contributed by atoms with van der Waals surface area (Å²) in [5.74, 6) is 0.729. The molecule has 3 atom stereocenters. The third-order valence-corrected chi connectivity index (χ3v) is 3.01. The molecule has 1 aliphatic rings. The van der Waals surface area contributed by atoms with Gasteiger partial charge < -0.3 is 0 Å². The van der Waals surface area contributed by atoms with E-state index in [4.69, 9.17) is 0 Å². The molecule has 0 aromatic carbocycles. The Labute approximate surface area is 88.6 Å². The first-order valence-electron chi connectivity index (χ1n) is 5.96. The van der Waals surface area contributed by atoms with Crippen molar-refractivity contribution in [3.63, 3.8) is 0 Å². The molecule has 0 bridgehead atoms. The van der Waals surface area contributed by atoms with Crippen molar-refractivity contribution in [1.82, 2.24) is 0 Å². The first kappa shape index (κ1) is 13.7. The summed E-state index contributed by atoms with van der Waals surface area (Å²) in [4.78, 5) is 0. The lowest BCUT2D eigenvalue weighted by molar-refractivity contribution is 0.153. The molecule has 1 rings (SSSR count). The fraction of sp³-hybridized carbons (Fsp3) is 0.846. The summed E-state index contributed by atoms with van der Waals surface area (Å²) in [5, 5.41) is 0. The second-order valence-corrected chi connectivity index (χ2v) is 4.05. The SMILES string of the molecule is C=C(CC)C1CCC(C)CC1F.CC. The monoisotopic (exact) mass is 200 g/mol. The van der Waals surface area contributed by atoms with Crippen LogP contribution in [0.15, 0.2) is 12.2 Å². The zero-order chi connectivity index (χ0) is 11.1. The van der Waals surface area contributed by atoms with Crippen LogP contribution in [0.1, 0.15) is 53.4 Å². The second-order valence-electron chi connectivity index (χ2n) is 4.05. The van der Waals surface area contributed by atoms with E-state index < -0.39 is 6.17 Å². The van der Waals surface area contributed by atoms with E-state index in [9.17, 15) is 4.39 Å². The van der Waals surface area contributed by atoms with Crippen molar-refractivity contribution in [2.75, 3.05) is 0 Å². The maximum absolute atomic E-state index is 13.5. The van der Waals surface area contributed by atoms with Gasteiger partial charge in [0.25, 0.3) is 0 Å². The minimum Gasteiger partial charge on any atom is -0.247 e. The lowest BCUT2D eigenvalue weighted by Gasteiger charge is -2.30. The van der Waals surface area contributed by atoms with E-state index in [1.807, 2.05) is 13.8 Å². The lowest BCUT2D eigenvalue weighted by Crippen LogP contribution is -2.26. The highest BCUT2D eigenvalue weighted by atomic mass is 19.1. The van der Waals surface area contributed by atoms with Crippen LogP contribution in [0.5, 0.6) is 0 Å². The highest BCUT2D eigenvalue weighted by Crippen LogP contribution is 2.35. The van der Waals surface area contributed by atoms with Gasteiger partial charge in [0.2, 0.25) is 0 Å². The average molecular weight is 200 g/mol. The Hall–Kier alpha value is -0.330. The van der Waals surface area contributed by atoms with Gasteiger partial charge in [0, 0.05) is 5.92 Å². The van der Waals surface area contributed by atoms with Crippen molar-refractivity contribution in [1.29, 1.82) is 0 Å². The summed E-state index contributed by atoms with van der Waals surface area (Å²) in [6, 6.07) is 0. The maximum Gasteiger partial charge on any atom is 0.107 e. The molecule has 0 nitrogen and oxygen atoms in total. The van der Waals surface area contributed by atoms with Crippen molar-refractivity contribution in [2.24, 2.45) is 11.8 Å². The van der Waals surface area contributed by atoms with Gasteiger partial charge in [-0.1, -0.05) is 39.8 Å². The standard InChI is InChI=1S/C11H19F.C2H6/c1-4-9(3)10-6-5-8(2)7-11(10)12;1-2/h8,10-11H,3-7H2,1-2H3;1-2H3. The zero-order valence-electron chi connectivity index (χ0n) is 10.1. The highest BCUT2D eigenvalue weighted by molar-refractivity contribution is 5.04. The Morgan fingerprint density at radius 1 is 1.36 bits per heavy atom. The third-order valence-electron chi connectivity index (χ3n) is 3.01. The molecule has 0 radical (unpaired) electrons. The van der Waals surface area contributed by atoms with Crippen LogP contribution in [0.4, 0.5) is 4.39 Å². The van der Waals surface area contributed by atoms with Crippen LogP contribution in [-0.4, -0.2) is 6.17 Å². The summed E-state index contributed by atoms with van der Waals surface area (Å²) in [6.45, 7) is 12.1. The molecule has 0 aliphatic heterocycles. The van der Waals surface area contributed by atoms with Crippen molar-refractivity contribution < 1.29 is 4.39 Å². The summed E-state index contributed by atoms with van der Waals surface area (Å²) < 4.78 is 13.5. The molecule has 0 saturated heterocycles. The topological polar surface area (TPSA) is 0 Å². The van der Waals surface area contributed by atoms with Gasteiger partial charge in [-0.05, 0) is 31.6 Å². The number of rotatable bonds is 2. The molecular formula is C13H25F. The summed E-state index contributed by atoms with van der Waals surface area (Å²) in [7, 11) is 0. The first-order valence-corrected chi connectivity index (χ1v) is 5.96. The van der Waals surface area contributed by atoms with Crippen molar-refractivity contribution in [3.05, 3.63) is 12.2 Å². The quantitative estimate of drug-likeness (QED) is 0.564. The van der Waals surface area contributed by atoms with Crippen LogP contribution in [0.2, 0.25) is 0 Å². The number of hydrogen-bond acceptors (Lipinski definition) is 0. The molecule has 0 heterocycles. The summed E-state index contributed by atoms with van der Waals surface area (Å²) >= 11 is 0. The van der Waals surface area contributed by atoms with Gasteiger partial charge in [0.1, 0.15) is 6.17 Å². The van der Waals surface area contributed by atoms with Crippen LogP contribution in [0, 0.1) is 11.8 Å².